The van der Waals surface area contributed by atoms with Gasteiger partial charge in [-0.25, -0.2) is 0 Å². The lowest BCUT2D eigenvalue weighted by Crippen LogP contribution is -2.47. The van der Waals surface area contributed by atoms with E-state index >= 15 is 0 Å². The number of hydrogen-bond acceptors (Lipinski definition) is 6. The van der Waals surface area contributed by atoms with Gasteiger partial charge in [0, 0.05) is 13.0 Å². The smallest absolute Gasteiger partial charge is 0.306 e. The van der Waals surface area contributed by atoms with Gasteiger partial charge in [-0.1, -0.05) is 51.1 Å². The highest BCUT2D eigenvalue weighted by atomic mass is 28.4. The van der Waals surface area contributed by atoms with Gasteiger partial charge in [0.2, 0.25) is 0 Å². The van der Waals surface area contributed by atoms with Gasteiger partial charge in [0.25, 0.3) is 0 Å². The highest BCUT2D eigenvalue weighted by molar-refractivity contribution is 6.74. The maximum atomic E-state index is 11.5. The van der Waals surface area contributed by atoms with Gasteiger partial charge in [0.05, 0.1) is 37.1 Å². The Morgan fingerprint density at radius 3 is 2.28 bits per heavy atom. The van der Waals surface area contributed by atoms with Crippen LogP contribution in [-0.4, -0.2) is 57.5 Å². The average Bonchev–Trinajstić information content (AvgIpc) is 3.58. The van der Waals surface area contributed by atoms with E-state index < -0.39 is 8.32 Å². The number of hydrogen-bond donors (Lipinski definition) is 0. The van der Waals surface area contributed by atoms with Crippen molar-refractivity contribution in [3.63, 3.8) is 0 Å². The SMILES string of the molecule is CC(C)(C)[Si](C)(C)O[C@H](CCCOCc1ccccc1)[C@H]1CC[C@@H]([C@@H]2CC[C@@H]([C@H]3CCC(=O)O3)O2)O1. The molecule has 0 radical (unpaired) electrons. The Hall–Kier alpha value is -1.25. The zero-order valence-electron chi connectivity index (χ0n) is 22.9. The summed E-state index contributed by atoms with van der Waals surface area (Å²) in [4.78, 5) is 11.5. The van der Waals surface area contributed by atoms with E-state index in [1.807, 2.05) is 18.2 Å². The number of ether oxygens (including phenoxy) is 4. The Morgan fingerprint density at radius 1 is 0.944 bits per heavy atom. The van der Waals surface area contributed by atoms with Crippen molar-refractivity contribution >= 4 is 14.3 Å². The summed E-state index contributed by atoms with van der Waals surface area (Å²) in [6.07, 6.45) is 7.36. The zero-order chi connectivity index (χ0) is 25.8. The maximum Gasteiger partial charge on any atom is 0.306 e. The Balaban J connectivity index is 1.29. The van der Waals surface area contributed by atoms with E-state index in [9.17, 15) is 4.79 Å². The van der Waals surface area contributed by atoms with Crippen molar-refractivity contribution in [2.75, 3.05) is 6.61 Å². The predicted octanol–water partition coefficient (Wildman–Crippen LogP) is 6.17. The highest BCUT2D eigenvalue weighted by Crippen LogP contribution is 2.41. The molecule has 3 heterocycles. The van der Waals surface area contributed by atoms with E-state index in [4.69, 9.17) is 23.4 Å². The Morgan fingerprint density at radius 2 is 1.61 bits per heavy atom. The number of rotatable bonds is 11. The van der Waals surface area contributed by atoms with Crippen LogP contribution in [0, 0.1) is 0 Å². The van der Waals surface area contributed by atoms with Crippen molar-refractivity contribution in [1.29, 1.82) is 0 Å². The van der Waals surface area contributed by atoms with Crippen LogP contribution in [0.25, 0.3) is 0 Å². The van der Waals surface area contributed by atoms with Gasteiger partial charge in [-0.15, -0.1) is 0 Å². The van der Waals surface area contributed by atoms with Crippen molar-refractivity contribution < 1.29 is 28.2 Å². The lowest BCUT2D eigenvalue weighted by molar-refractivity contribution is -0.149. The minimum atomic E-state index is -1.95. The molecule has 3 aliphatic rings. The summed E-state index contributed by atoms with van der Waals surface area (Å²) < 4.78 is 31.4. The van der Waals surface area contributed by atoms with Crippen molar-refractivity contribution in [1.82, 2.24) is 0 Å². The second kappa shape index (κ2) is 12.1. The lowest BCUT2D eigenvalue weighted by Gasteiger charge is -2.41. The molecule has 0 saturated carbocycles. The molecule has 0 aliphatic carbocycles. The summed E-state index contributed by atoms with van der Waals surface area (Å²) in [5.41, 5.74) is 1.20. The summed E-state index contributed by atoms with van der Waals surface area (Å²) in [7, 11) is -1.95. The van der Waals surface area contributed by atoms with Crippen LogP contribution in [0.15, 0.2) is 30.3 Å². The summed E-state index contributed by atoms with van der Waals surface area (Å²) in [5.74, 6) is -0.0948. The van der Waals surface area contributed by atoms with Crippen molar-refractivity contribution in [3.05, 3.63) is 35.9 Å². The summed E-state index contributed by atoms with van der Waals surface area (Å²) in [6.45, 7) is 12.9. The third-order valence-electron chi connectivity index (χ3n) is 8.47. The molecule has 3 fully saturated rings. The highest BCUT2D eigenvalue weighted by Gasteiger charge is 2.46. The van der Waals surface area contributed by atoms with E-state index in [2.05, 4.69) is 46.0 Å². The molecule has 36 heavy (non-hydrogen) atoms. The molecule has 0 bridgehead atoms. The topological polar surface area (TPSA) is 63.2 Å². The molecule has 6 nitrogen and oxygen atoms in total. The van der Waals surface area contributed by atoms with Crippen LogP contribution in [0.5, 0.6) is 0 Å². The standard InChI is InChI=1S/C29H46O6Si/c1-29(2,3)36(4,5)35-27(12-9-19-31-20-21-10-7-6-8-11-21)26-16-15-23(33-26)22-13-14-24(32-22)25-17-18-28(30)34-25/h6-8,10-11,22-27H,9,12-20H2,1-5H3/t22-,23-,24-,25+,26+,27+/m0/s1. The number of esters is 1. The van der Waals surface area contributed by atoms with Crippen LogP contribution in [-0.2, 0) is 34.8 Å². The lowest BCUT2D eigenvalue weighted by atomic mass is 10.0. The number of benzene rings is 1. The monoisotopic (exact) mass is 518 g/mol. The molecule has 6 atom stereocenters. The van der Waals surface area contributed by atoms with E-state index in [1.165, 1.54) is 5.56 Å². The molecule has 1 aromatic rings. The van der Waals surface area contributed by atoms with Crippen LogP contribution in [0.3, 0.4) is 0 Å². The third-order valence-corrected chi connectivity index (χ3v) is 13.0. The Bertz CT molecular complexity index is 838. The Kier molecular flexibility index (Phi) is 9.31. The van der Waals surface area contributed by atoms with Crippen LogP contribution in [0.1, 0.15) is 77.7 Å². The fourth-order valence-electron chi connectivity index (χ4n) is 5.31. The van der Waals surface area contributed by atoms with Crippen molar-refractivity contribution in [2.24, 2.45) is 0 Å². The van der Waals surface area contributed by atoms with Crippen LogP contribution in [0.2, 0.25) is 18.1 Å². The van der Waals surface area contributed by atoms with Crippen LogP contribution < -0.4 is 0 Å². The predicted molar refractivity (Wildman–Crippen MR) is 142 cm³/mol. The Labute approximate surface area is 218 Å². The van der Waals surface area contributed by atoms with Crippen LogP contribution in [0.4, 0.5) is 0 Å². The average molecular weight is 519 g/mol. The van der Waals surface area contributed by atoms with Gasteiger partial charge >= 0.3 is 5.97 Å². The number of carbonyl (C=O) groups is 1. The first-order valence-corrected chi connectivity index (χ1v) is 16.8. The molecular formula is C29H46O6Si. The molecule has 0 amide bonds. The second-order valence-electron chi connectivity index (χ2n) is 12.2. The van der Waals surface area contributed by atoms with Gasteiger partial charge in [0.15, 0.2) is 8.32 Å². The molecule has 202 valence electrons. The van der Waals surface area contributed by atoms with Crippen molar-refractivity contribution in [3.8, 4) is 0 Å². The van der Waals surface area contributed by atoms with Gasteiger partial charge in [-0.3, -0.25) is 4.79 Å². The molecule has 7 heteroatoms. The van der Waals surface area contributed by atoms with Gasteiger partial charge in [-0.05, 0) is 68.6 Å². The summed E-state index contributed by atoms with van der Waals surface area (Å²) in [5, 5.41) is 0.146. The molecule has 3 saturated heterocycles. The van der Waals surface area contributed by atoms with Gasteiger partial charge in [-0.2, -0.15) is 0 Å². The molecule has 4 rings (SSSR count). The van der Waals surface area contributed by atoms with Crippen molar-refractivity contribution in [2.45, 2.75) is 134 Å². The van der Waals surface area contributed by atoms with Crippen LogP contribution >= 0.6 is 0 Å². The molecule has 3 aliphatic heterocycles. The second-order valence-corrected chi connectivity index (χ2v) is 17.0. The molecule has 0 N–H and O–H groups in total. The first-order valence-electron chi connectivity index (χ1n) is 13.9. The fourth-order valence-corrected chi connectivity index (χ4v) is 6.69. The largest absolute Gasteiger partial charge is 0.460 e. The first kappa shape index (κ1) is 27.8. The fraction of sp³-hybridized carbons (Fsp3) is 0.759. The zero-order valence-corrected chi connectivity index (χ0v) is 23.9. The minimum Gasteiger partial charge on any atom is -0.460 e. The first-order chi connectivity index (χ1) is 17.1. The maximum absolute atomic E-state index is 11.5. The number of carbonyl (C=O) groups excluding carboxylic acids is 1. The summed E-state index contributed by atoms with van der Waals surface area (Å²) >= 11 is 0. The van der Waals surface area contributed by atoms with E-state index in [-0.39, 0.29) is 47.6 Å². The molecular weight excluding hydrogens is 472 g/mol. The molecule has 0 aromatic heterocycles. The summed E-state index contributed by atoms with van der Waals surface area (Å²) in [6, 6.07) is 10.3. The third kappa shape index (κ3) is 7.19. The minimum absolute atomic E-state index is 0.0186. The van der Waals surface area contributed by atoms with E-state index in [0.717, 1.165) is 51.6 Å². The molecule has 0 spiro atoms. The van der Waals surface area contributed by atoms with E-state index in [0.29, 0.717) is 13.0 Å². The van der Waals surface area contributed by atoms with E-state index in [1.54, 1.807) is 0 Å². The van der Waals surface area contributed by atoms with Gasteiger partial charge in [0.1, 0.15) is 6.10 Å². The molecule has 1 aromatic carbocycles. The van der Waals surface area contributed by atoms with Gasteiger partial charge < -0.3 is 23.4 Å². The molecule has 0 unspecified atom stereocenters. The number of cyclic esters (lactones) is 1. The normalized spacial score (nSPS) is 30.0. The quantitative estimate of drug-likeness (QED) is 0.198.